The first-order valence-corrected chi connectivity index (χ1v) is 5.55. The molecule has 0 aliphatic carbocycles. The van der Waals surface area contributed by atoms with Crippen LogP contribution in [0.5, 0.6) is 0 Å². The van der Waals surface area contributed by atoms with E-state index in [1.807, 2.05) is 0 Å². The Labute approximate surface area is 96.1 Å². The number of benzene rings is 1. The van der Waals surface area contributed by atoms with Gasteiger partial charge in [-0.15, -0.1) is 5.10 Å². The molecule has 0 saturated carbocycles. The zero-order valence-corrected chi connectivity index (χ0v) is 9.99. The molecule has 0 fully saturated rings. The van der Waals surface area contributed by atoms with Crippen molar-refractivity contribution in [1.29, 1.82) is 0 Å². The van der Waals surface area contributed by atoms with Crippen molar-refractivity contribution in [2.45, 2.75) is 27.2 Å². The van der Waals surface area contributed by atoms with E-state index in [9.17, 15) is 0 Å². The van der Waals surface area contributed by atoms with Crippen molar-refractivity contribution in [3.05, 3.63) is 34.9 Å². The molecule has 16 heavy (non-hydrogen) atoms. The number of nitrogens with two attached hydrogens (primary N) is 1. The molecule has 0 radical (unpaired) electrons. The first kappa shape index (κ1) is 10.9. The summed E-state index contributed by atoms with van der Waals surface area (Å²) in [6.45, 7) is 6.30. The minimum Gasteiger partial charge on any atom is -0.385 e. The van der Waals surface area contributed by atoms with Gasteiger partial charge >= 0.3 is 0 Å². The Balaban J connectivity index is 2.35. The summed E-state index contributed by atoms with van der Waals surface area (Å²) in [5, 5.41) is 8.18. The monoisotopic (exact) mass is 215 g/mol. The van der Waals surface area contributed by atoms with Crippen molar-refractivity contribution in [1.82, 2.24) is 0 Å². The summed E-state index contributed by atoms with van der Waals surface area (Å²) in [6.07, 6.45) is 0.873. The van der Waals surface area contributed by atoms with Crippen LogP contribution in [0.4, 0.5) is 0 Å². The number of nitrogens with zero attached hydrogens (tertiary/aromatic N) is 2. The second kappa shape index (κ2) is 4.08. The van der Waals surface area contributed by atoms with Crippen molar-refractivity contribution in [2.75, 3.05) is 0 Å². The third kappa shape index (κ3) is 1.98. The second-order valence-electron chi connectivity index (χ2n) is 4.48. The quantitative estimate of drug-likeness (QED) is 0.768. The number of aryl methyl sites for hydroxylation is 2. The molecule has 0 amide bonds. The fraction of sp³-hybridized carbons (Fsp3) is 0.385. The standard InChI is InChI=1S/C13H17N3/c1-8-4-5-11(6-9(8)2)12-7-10(3)13(14)16-15-12/h4-6,10H,7H2,1-3H3,(H2,14,16). The Hall–Kier alpha value is -1.64. The van der Waals surface area contributed by atoms with E-state index in [4.69, 9.17) is 5.73 Å². The minimum absolute atomic E-state index is 0.286. The van der Waals surface area contributed by atoms with Gasteiger partial charge in [0, 0.05) is 12.3 Å². The van der Waals surface area contributed by atoms with Crippen molar-refractivity contribution >= 4 is 11.5 Å². The maximum Gasteiger partial charge on any atom is 0.125 e. The van der Waals surface area contributed by atoms with Gasteiger partial charge in [-0.2, -0.15) is 5.10 Å². The number of hydrogen-bond donors (Lipinski definition) is 1. The summed E-state index contributed by atoms with van der Waals surface area (Å²) in [7, 11) is 0. The summed E-state index contributed by atoms with van der Waals surface area (Å²) in [6, 6.07) is 6.39. The van der Waals surface area contributed by atoms with Gasteiger partial charge < -0.3 is 5.73 Å². The van der Waals surface area contributed by atoms with Crippen molar-refractivity contribution in [2.24, 2.45) is 21.9 Å². The van der Waals surface area contributed by atoms with Crippen LogP contribution < -0.4 is 5.73 Å². The summed E-state index contributed by atoms with van der Waals surface area (Å²) in [5.74, 6) is 0.918. The molecule has 0 saturated heterocycles. The first-order chi connectivity index (χ1) is 7.58. The average molecular weight is 215 g/mol. The van der Waals surface area contributed by atoms with Crippen LogP contribution in [0.1, 0.15) is 30.0 Å². The van der Waals surface area contributed by atoms with E-state index >= 15 is 0 Å². The van der Waals surface area contributed by atoms with Crippen molar-refractivity contribution in [3.8, 4) is 0 Å². The maximum absolute atomic E-state index is 5.72. The number of hydrogen-bond acceptors (Lipinski definition) is 3. The Bertz CT molecular complexity index is 472. The van der Waals surface area contributed by atoms with Gasteiger partial charge in [-0.05, 0) is 36.6 Å². The predicted octanol–water partition coefficient (Wildman–Crippen LogP) is 2.40. The van der Waals surface area contributed by atoms with Crippen LogP contribution >= 0.6 is 0 Å². The smallest absolute Gasteiger partial charge is 0.125 e. The van der Waals surface area contributed by atoms with Gasteiger partial charge in [-0.1, -0.05) is 19.1 Å². The molecule has 3 heteroatoms. The molecule has 0 spiro atoms. The molecule has 1 heterocycles. The molecular formula is C13H17N3. The zero-order chi connectivity index (χ0) is 11.7. The highest BCUT2D eigenvalue weighted by atomic mass is 15.2. The van der Waals surface area contributed by atoms with Crippen molar-refractivity contribution < 1.29 is 0 Å². The normalized spacial score (nSPS) is 20.3. The lowest BCUT2D eigenvalue weighted by Gasteiger charge is -2.16. The Morgan fingerprint density at radius 1 is 1.19 bits per heavy atom. The maximum atomic E-state index is 5.72. The molecule has 1 aliphatic rings. The Morgan fingerprint density at radius 3 is 2.56 bits per heavy atom. The summed E-state index contributed by atoms with van der Waals surface area (Å²) in [4.78, 5) is 0. The molecule has 2 rings (SSSR count). The molecule has 84 valence electrons. The van der Waals surface area contributed by atoms with Crippen LogP contribution in [0.2, 0.25) is 0 Å². The molecule has 0 aromatic heterocycles. The lowest BCUT2D eigenvalue weighted by Crippen LogP contribution is -2.26. The molecule has 1 unspecified atom stereocenters. The molecule has 2 N–H and O–H groups in total. The molecule has 3 nitrogen and oxygen atoms in total. The van der Waals surface area contributed by atoms with Gasteiger partial charge in [-0.25, -0.2) is 0 Å². The van der Waals surface area contributed by atoms with Crippen LogP contribution in [-0.4, -0.2) is 11.5 Å². The summed E-state index contributed by atoms with van der Waals surface area (Å²) in [5.41, 5.74) is 10.5. The molecule has 1 aromatic rings. The lowest BCUT2D eigenvalue weighted by atomic mass is 9.95. The van der Waals surface area contributed by atoms with Gasteiger partial charge in [0.1, 0.15) is 5.84 Å². The molecule has 1 aromatic carbocycles. The highest BCUT2D eigenvalue weighted by Crippen LogP contribution is 2.18. The SMILES string of the molecule is Cc1ccc(C2=NN=C(N)C(C)C2)cc1C. The average Bonchev–Trinajstić information content (AvgIpc) is 2.26. The van der Waals surface area contributed by atoms with Gasteiger partial charge in [0.2, 0.25) is 0 Å². The predicted molar refractivity (Wildman–Crippen MR) is 67.9 cm³/mol. The third-order valence-electron chi connectivity index (χ3n) is 3.13. The number of rotatable bonds is 1. The van der Waals surface area contributed by atoms with E-state index in [1.54, 1.807) is 0 Å². The lowest BCUT2D eigenvalue weighted by molar-refractivity contribution is 0.779. The number of amidine groups is 1. The van der Waals surface area contributed by atoms with Crippen LogP contribution in [0, 0.1) is 19.8 Å². The van der Waals surface area contributed by atoms with Crippen LogP contribution in [0.25, 0.3) is 0 Å². The molecule has 1 aliphatic heterocycles. The molecular weight excluding hydrogens is 198 g/mol. The fourth-order valence-corrected chi connectivity index (χ4v) is 1.75. The van der Waals surface area contributed by atoms with E-state index in [2.05, 4.69) is 49.2 Å². The van der Waals surface area contributed by atoms with Gasteiger partial charge in [0.15, 0.2) is 0 Å². The third-order valence-corrected chi connectivity index (χ3v) is 3.13. The molecule has 0 bridgehead atoms. The van der Waals surface area contributed by atoms with Gasteiger partial charge in [-0.3, -0.25) is 0 Å². The van der Waals surface area contributed by atoms with E-state index in [-0.39, 0.29) is 5.92 Å². The minimum atomic E-state index is 0.286. The topological polar surface area (TPSA) is 50.7 Å². The second-order valence-corrected chi connectivity index (χ2v) is 4.48. The first-order valence-electron chi connectivity index (χ1n) is 5.55. The zero-order valence-electron chi connectivity index (χ0n) is 9.99. The summed E-state index contributed by atoms with van der Waals surface area (Å²) >= 11 is 0. The highest BCUT2D eigenvalue weighted by molar-refractivity contribution is 6.04. The van der Waals surface area contributed by atoms with E-state index in [0.717, 1.165) is 17.7 Å². The highest BCUT2D eigenvalue weighted by Gasteiger charge is 2.17. The van der Waals surface area contributed by atoms with E-state index < -0.39 is 0 Å². The largest absolute Gasteiger partial charge is 0.385 e. The van der Waals surface area contributed by atoms with E-state index in [1.165, 1.54) is 11.1 Å². The molecule has 1 atom stereocenters. The van der Waals surface area contributed by atoms with Gasteiger partial charge in [0.25, 0.3) is 0 Å². The van der Waals surface area contributed by atoms with Crippen LogP contribution in [0.3, 0.4) is 0 Å². The van der Waals surface area contributed by atoms with Crippen LogP contribution in [0.15, 0.2) is 28.4 Å². The van der Waals surface area contributed by atoms with Crippen molar-refractivity contribution in [3.63, 3.8) is 0 Å². The Morgan fingerprint density at radius 2 is 1.94 bits per heavy atom. The Kier molecular flexibility index (Phi) is 2.77. The van der Waals surface area contributed by atoms with Crippen LogP contribution in [-0.2, 0) is 0 Å². The van der Waals surface area contributed by atoms with E-state index in [0.29, 0.717) is 5.84 Å². The fourth-order valence-electron chi connectivity index (χ4n) is 1.75. The summed E-state index contributed by atoms with van der Waals surface area (Å²) < 4.78 is 0. The van der Waals surface area contributed by atoms with Gasteiger partial charge in [0.05, 0.1) is 5.71 Å².